The highest BCUT2D eigenvalue weighted by molar-refractivity contribution is 5.76. The fraction of sp³-hybridized carbons (Fsp3) is 0.429. The molecule has 0 saturated carbocycles. The van der Waals surface area contributed by atoms with Crippen molar-refractivity contribution in [3.8, 4) is 0 Å². The van der Waals surface area contributed by atoms with Crippen LogP contribution in [0.3, 0.4) is 0 Å². The van der Waals surface area contributed by atoms with Crippen LogP contribution >= 0.6 is 0 Å². The molecular formula is C14H15NO4. The van der Waals surface area contributed by atoms with E-state index in [0.29, 0.717) is 13.0 Å². The number of hydrogen-bond acceptors (Lipinski definition) is 4. The first kappa shape index (κ1) is 12.0. The van der Waals surface area contributed by atoms with Crippen molar-refractivity contribution in [2.75, 3.05) is 6.54 Å². The molecule has 1 amide bonds. The summed E-state index contributed by atoms with van der Waals surface area (Å²) in [4.78, 5) is 24.8. The molecule has 2 saturated heterocycles. The summed E-state index contributed by atoms with van der Waals surface area (Å²) >= 11 is 0. The molecule has 0 aliphatic carbocycles. The van der Waals surface area contributed by atoms with Crippen LogP contribution in [0.2, 0.25) is 0 Å². The molecule has 1 aromatic rings. The van der Waals surface area contributed by atoms with Crippen molar-refractivity contribution in [3.05, 3.63) is 35.9 Å². The summed E-state index contributed by atoms with van der Waals surface area (Å²) in [6.45, 7) is 0.846. The number of esters is 1. The van der Waals surface area contributed by atoms with Gasteiger partial charge in [0.2, 0.25) is 0 Å². The van der Waals surface area contributed by atoms with Crippen LogP contribution in [0.4, 0.5) is 4.79 Å². The largest absolute Gasteiger partial charge is 0.460 e. The first-order valence-electron chi connectivity index (χ1n) is 6.41. The highest BCUT2D eigenvalue weighted by atomic mass is 16.6. The Morgan fingerprint density at radius 3 is 2.95 bits per heavy atom. The van der Waals surface area contributed by atoms with Crippen molar-refractivity contribution in [2.24, 2.45) is 0 Å². The van der Waals surface area contributed by atoms with Gasteiger partial charge >= 0.3 is 12.1 Å². The fourth-order valence-electron chi connectivity index (χ4n) is 2.62. The van der Waals surface area contributed by atoms with Crippen LogP contribution in [0, 0.1) is 0 Å². The normalized spacial score (nSPS) is 25.1. The summed E-state index contributed by atoms with van der Waals surface area (Å²) in [5, 5.41) is 0. The lowest BCUT2D eigenvalue weighted by molar-refractivity contribution is -0.141. The molecule has 2 aliphatic rings. The Morgan fingerprint density at radius 2 is 2.16 bits per heavy atom. The van der Waals surface area contributed by atoms with E-state index < -0.39 is 0 Å². The minimum atomic E-state index is -0.366. The van der Waals surface area contributed by atoms with Crippen LogP contribution in [0.15, 0.2) is 30.3 Å². The number of fused-ring (bicyclic) bond motifs is 1. The molecule has 3 rings (SSSR count). The van der Waals surface area contributed by atoms with E-state index >= 15 is 0 Å². The number of amides is 1. The summed E-state index contributed by atoms with van der Waals surface area (Å²) < 4.78 is 10.4. The molecule has 0 bridgehead atoms. The molecule has 5 heteroatoms. The average Bonchev–Trinajstić information content (AvgIpc) is 2.96. The zero-order valence-electron chi connectivity index (χ0n) is 10.5. The van der Waals surface area contributed by atoms with Gasteiger partial charge in [-0.25, -0.2) is 4.79 Å². The van der Waals surface area contributed by atoms with Gasteiger partial charge in [0.25, 0.3) is 0 Å². The molecular weight excluding hydrogens is 246 g/mol. The first-order valence-corrected chi connectivity index (χ1v) is 6.41. The third-order valence-corrected chi connectivity index (χ3v) is 3.58. The monoisotopic (exact) mass is 261 g/mol. The predicted molar refractivity (Wildman–Crippen MR) is 66.2 cm³/mol. The third kappa shape index (κ3) is 2.41. The number of nitrogens with zero attached hydrogens (tertiary/aromatic N) is 1. The molecule has 2 fully saturated rings. The van der Waals surface area contributed by atoms with Gasteiger partial charge in [0.1, 0.15) is 12.7 Å². The maximum atomic E-state index is 12.0. The highest BCUT2D eigenvalue weighted by Gasteiger charge is 2.46. The van der Waals surface area contributed by atoms with Crippen LogP contribution in [0.1, 0.15) is 18.4 Å². The van der Waals surface area contributed by atoms with Gasteiger partial charge in [-0.15, -0.1) is 0 Å². The van der Waals surface area contributed by atoms with Gasteiger partial charge in [-0.2, -0.15) is 0 Å². The number of carbonyl (C=O) groups is 2. The summed E-state index contributed by atoms with van der Waals surface area (Å²) in [6, 6.07) is 9.38. The third-order valence-electron chi connectivity index (χ3n) is 3.58. The molecule has 1 aromatic carbocycles. The summed E-state index contributed by atoms with van der Waals surface area (Å²) in [6.07, 6.45) is 0.480. The van der Waals surface area contributed by atoms with E-state index in [1.54, 1.807) is 4.90 Å². The molecule has 1 unspecified atom stereocenters. The Morgan fingerprint density at radius 1 is 1.37 bits per heavy atom. The van der Waals surface area contributed by atoms with Gasteiger partial charge in [-0.05, 0) is 5.56 Å². The van der Waals surface area contributed by atoms with Crippen LogP contribution in [-0.4, -0.2) is 35.7 Å². The van der Waals surface area contributed by atoms with Gasteiger partial charge in [0.05, 0.1) is 12.5 Å². The average molecular weight is 261 g/mol. The Labute approximate surface area is 111 Å². The van der Waals surface area contributed by atoms with E-state index in [-0.39, 0.29) is 37.2 Å². The van der Waals surface area contributed by atoms with E-state index in [9.17, 15) is 9.59 Å². The molecule has 0 aromatic heterocycles. The smallest absolute Gasteiger partial charge is 0.410 e. The van der Waals surface area contributed by atoms with E-state index in [1.807, 2.05) is 30.3 Å². The van der Waals surface area contributed by atoms with Crippen LogP contribution < -0.4 is 0 Å². The van der Waals surface area contributed by atoms with E-state index in [0.717, 1.165) is 5.56 Å². The molecule has 0 radical (unpaired) electrons. The molecule has 5 nitrogen and oxygen atoms in total. The number of ether oxygens (including phenoxy) is 2. The number of benzene rings is 1. The van der Waals surface area contributed by atoms with Crippen molar-refractivity contribution >= 4 is 12.1 Å². The molecule has 0 spiro atoms. The summed E-state index contributed by atoms with van der Waals surface area (Å²) in [5.41, 5.74) is 0.949. The number of likely N-dealkylation sites (tertiary alicyclic amines) is 1. The minimum absolute atomic E-state index is 0.142. The predicted octanol–water partition coefficient (Wildman–Crippen LogP) is 1.71. The maximum Gasteiger partial charge on any atom is 0.410 e. The lowest BCUT2D eigenvalue weighted by Crippen LogP contribution is -2.37. The highest BCUT2D eigenvalue weighted by Crippen LogP contribution is 2.30. The zero-order chi connectivity index (χ0) is 13.2. The van der Waals surface area contributed by atoms with Crippen molar-refractivity contribution in [1.29, 1.82) is 0 Å². The number of carbonyl (C=O) groups excluding carboxylic acids is 2. The zero-order valence-corrected chi connectivity index (χ0v) is 10.5. The molecule has 100 valence electrons. The van der Waals surface area contributed by atoms with Crippen molar-refractivity contribution in [2.45, 2.75) is 31.6 Å². The Balaban J connectivity index is 1.58. The SMILES string of the molecule is O=C1C[C@@H]2C(CCN2C(=O)OCc2ccccc2)O1. The van der Waals surface area contributed by atoms with Crippen LogP contribution in [-0.2, 0) is 20.9 Å². The van der Waals surface area contributed by atoms with Crippen molar-refractivity contribution < 1.29 is 19.1 Å². The topological polar surface area (TPSA) is 55.8 Å². The second kappa shape index (κ2) is 4.91. The molecule has 19 heavy (non-hydrogen) atoms. The molecule has 2 atom stereocenters. The standard InChI is InChI=1S/C14H15NO4/c16-13-8-11-12(19-13)6-7-15(11)14(17)18-9-10-4-2-1-3-5-10/h1-5,11-12H,6-9H2/t11-,12?/m1/s1. The van der Waals surface area contributed by atoms with E-state index in [4.69, 9.17) is 9.47 Å². The van der Waals surface area contributed by atoms with Crippen LogP contribution in [0.5, 0.6) is 0 Å². The van der Waals surface area contributed by atoms with Gasteiger partial charge < -0.3 is 14.4 Å². The summed E-state index contributed by atoms with van der Waals surface area (Å²) in [5.74, 6) is -0.226. The fourth-order valence-corrected chi connectivity index (χ4v) is 2.62. The molecule has 2 heterocycles. The number of hydrogen-bond donors (Lipinski definition) is 0. The van der Waals surface area contributed by atoms with Gasteiger partial charge in [-0.1, -0.05) is 30.3 Å². The van der Waals surface area contributed by atoms with E-state index in [1.165, 1.54) is 0 Å². The summed E-state index contributed by atoms with van der Waals surface area (Å²) in [7, 11) is 0. The van der Waals surface area contributed by atoms with Crippen molar-refractivity contribution in [1.82, 2.24) is 4.90 Å². The lowest BCUT2D eigenvalue weighted by Gasteiger charge is -2.21. The Bertz CT molecular complexity index is 487. The van der Waals surface area contributed by atoms with Gasteiger partial charge in [0, 0.05) is 13.0 Å². The van der Waals surface area contributed by atoms with E-state index in [2.05, 4.69) is 0 Å². The molecule has 0 N–H and O–H groups in total. The quantitative estimate of drug-likeness (QED) is 0.760. The Kier molecular flexibility index (Phi) is 3.11. The van der Waals surface area contributed by atoms with Crippen LogP contribution in [0.25, 0.3) is 0 Å². The second-order valence-corrected chi connectivity index (χ2v) is 4.82. The second-order valence-electron chi connectivity index (χ2n) is 4.82. The Hall–Kier alpha value is -2.04. The maximum absolute atomic E-state index is 12.0. The van der Waals surface area contributed by atoms with Crippen molar-refractivity contribution in [3.63, 3.8) is 0 Å². The minimum Gasteiger partial charge on any atom is -0.460 e. The van der Waals surface area contributed by atoms with Gasteiger partial charge in [0.15, 0.2) is 0 Å². The lowest BCUT2D eigenvalue weighted by atomic mass is 10.1. The number of rotatable bonds is 2. The first-order chi connectivity index (χ1) is 9.24. The van der Waals surface area contributed by atoms with Gasteiger partial charge in [-0.3, -0.25) is 4.79 Å². The molecule has 2 aliphatic heterocycles.